The Labute approximate surface area is 104 Å². The van der Waals surface area contributed by atoms with Crippen LogP contribution >= 0.6 is 0 Å². The van der Waals surface area contributed by atoms with Gasteiger partial charge in [0.05, 0.1) is 12.6 Å². The molecule has 98 valence electrons. The topological polar surface area (TPSA) is 50.5 Å². The molecule has 17 heavy (non-hydrogen) atoms. The summed E-state index contributed by atoms with van der Waals surface area (Å²) in [5, 5.41) is 0. The first-order valence-electron chi connectivity index (χ1n) is 6.76. The van der Waals surface area contributed by atoms with Crippen LogP contribution in [0.5, 0.6) is 0 Å². The molecule has 3 N–H and O–H groups in total. The summed E-state index contributed by atoms with van der Waals surface area (Å²) in [6, 6.07) is 0.105. The molecule has 2 unspecified atom stereocenters. The van der Waals surface area contributed by atoms with Crippen LogP contribution in [0.15, 0.2) is 11.8 Å². The molecule has 2 heterocycles. The van der Waals surface area contributed by atoms with Crippen molar-refractivity contribution in [1.82, 2.24) is 10.3 Å². The van der Waals surface area contributed by atoms with Gasteiger partial charge in [0.1, 0.15) is 5.76 Å². The van der Waals surface area contributed by atoms with Crippen molar-refractivity contribution in [2.75, 3.05) is 19.7 Å². The van der Waals surface area contributed by atoms with E-state index in [0.717, 1.165) is 25.2 Å². The van der Waals surface area contributed by atoms with Gasteiger partial charge >= 0.3 is 0 Å². The van der Waals surface area contributed by atoms with Crippen LogP contribution in [0, 0.1) is 0 Å². The fraction of sp³-hybridized carbons (Fsp3) is 0.846. The van der Waals surface area contributed by atoms with Crippen molar-refractivity contribution in [1.29, 1.82) is 0 Å². The zero-order chi connectivity index (χ0) is 12.3. The van der Waals surface area contributed by atoms with Crippen LogP contribution in [0.3, 0.4) is 0 Å². The lowest BCUT2D eigenvalue weighted by molar-refractivity contribution is 0.0697. The van der Waals surface area contributed by atoms with Gasteiger partial charge in [-0.2, -0.15) is 0 Å². The Morgan fingerprint density at radius 2 is 2.24 bits per heavy atom. The summed E-state index contributed by atoms with van der Waals surface area (Å²) in [5.74, 6) is 6.82. The molecule has 0 spiro atoms. The predicted octanol–water partition coefficient (Wildman–Crippen LogP) is 1.39. The van der Waals surface area contributed by atoms with Gasteiger partial charge in [-0.3, -0.25) is 10.7 Å². The molecule has 1 fully saturated rings. The van der Waals surface area contributed by atoms with Crippen LogP contribution in [0.2, 0.25) is 0 Å². The van der Waals surface area contributed by atoms with Crippen LogP contribution in [0.4, 0.5) is 0 Å². The molecule has 2 rings (SSSR count). The first-order valence-corrected chi connectivity index (χ1v) is 6.76. The highest BCUT2D eigenvalue weighted by molar-refractivity contribution is 5.16. The van der Waals surface area contributed by atoms with Gasteiger partial charge in [0.25, 0.3) is 0 Å². The van der Waals surface area contributed by atoms with Crippen LogP contribution in [-0.4, -0.2) is 36.2 Å². The highest BCUT2D eigenvalue weighted by Gasteiger charge is 2.42. The number of hydrazine groups is 1. The van der Waals surface area contributed by atoms with Crippen LogP contribution < -0.4 is 11.3 Å². The molecular formula is C13H25N3O. The smallest absolute Gasteiger partial charge is 0.112 e. The van der Waals surface area contributed by atoms with E-state index in [1.807, 2.05) is 0 Å². The van der Waals surface area contributed by atoms with Gasteiger partial charge in [0.2, 0.25) is 0 Å². The molecule has 0 bridgehead atoms. The predicted molar refractivity (Wildman–Crippen MR) is 69.3 cm³/mol. The van der Waals surface area contributed by atoms with Crippen molar-refractivity contribution in [2.45, 2.75) is 51.1 Å². The third kappa shape index (κ3) is 2.34. The third-order valence-electron chi connectivity index (χ3n) is 4.35. The largest absolute Gasteiger partial charge is 0.496 e. The van der Waals surface area contributed by atoms with E-state index in [1.165, 1.54) is 25.9 Å². The molecule has 0 aromatic carbocycles. The molecule has 0 aromatic rings. The zero-order valence-electron chi connectivity index (χ0n) is 11.0. The van der Waals surface area contributed by atoms with Gasteiger partial charge < -0.3 is 4.74 Å². The summed E-state index contributed by atoms with van der Waals surface area (Å²) in [6.45, 7) is 7.68. The van der Waals surface area contributed by atoms with Gasteiger partial charge in [-0.25, -0.2) is 5.43 Å². The maximum Gasteiger partial charge on any atom is 0.112 e. The molecule has 0 aromatic heterocycles. The van der Waals surface area contributed by atoms with Gasteiger partial charge in [0, 0.05) is 12.0 Å². The lowest BCUT2D eigenvalue weighted by atomic mass is 9.86. The normalized spacial score (nSPS) is 26.4. The van der Waals surface area contributed by atoms with E-state index in [4.69, 9.17) is 10.6 Å². The average Bonchev–Trinajstić information content (AvgIpc) is 3.02. The fourth-order valence-corrected chi connectivity index (χ4v) is 3.04. The first kappa shape index (κ1) is 12.9. The SMILES string of the molecule is CCC(C)(C(NN)C1=CCCO1)N1CCCC1. The average molecular weight is 239 g/mol. The van der Waals surface area contributed by atoms with Crippen LogP contribution in [0.1, 0.15) is 39.5 Å². The Bertz CT molecular complexity index is 286. The summed E-state index contributed by atoms with van der Waals surface area (Å²) in [7, 11) is 0. The van der Waals surface area contributed by atoms with E-state index in [2.05, 4.69) is 30.2 Å². The summed E-state index contributed by atoms with van der Waals surface area (Å²) in [5.41, 5.74) is 3.03. The minimum absolute atomic E-state index is 0.0570. The molecule has 0 amide bonds. The van der Waals surface area contributed by atoms with Gasteiger partial charge in [0.15, 0.2) is 0 Å². The van der Waals surface area contributed by atoms with Crippen LogP contribution in [-0.2, 0) is 4.74 Å². The van der Waals surface area contributed by atoms with Crippen molar-refractivity contribution < 1.29 is 4.74 Å². The molecule has 1 saturated heterocycles. The van der Waals surface area contributed by atoms with E-state index < -0.39 is 0 Å². The molecule has 4 heteroatoms. The second-order valence-electron chi connectivity index (χ2n) is 5.25. The monoisotopic (exact) mass is 239 g/mol. The molecule has 2 aliphatic rings. The van der Waals surface area contributed by atoms with E-state index >= 15 is 0 Å². The zero-order valence-corrected chi connectivity index (χ0v) is 11.0. The van der Waals surface area contributed by atoms with Crippen LogP contribution in [0.25, 0.3) is 0 Å². The lowest BCUT2D eigenvalue weighted by Crippen LogP contribution is -2.61. The lowest BCUT2D eigenvalue weighted by Gasteiger charge is -2.44. The molecule has 2 atom stereocenters. The highest BCUT2D eigenvalue weighted by Crippen LogP contribution is 2.32. The number of hydrogen-bond acceptors (Lipinski definition) is 4. The Balaban J connectivity index is 2.18. The Hall–Kier alpha value is -0.580. The second kappa shape index (κ2) is 5.38. The highest BCUT2D eigenvalue weighted by atomic mass is 16.5. The third-order valence-corrected chi connectivity index (χ3v) is 4.35. The second-order valence-corrected chi connectivity index (χ2v) is 5.25. The summed E-state index contributed by atoms with van der Waals surface area (Å²) in [6.07, 6.45) is 6.85. The maximum atomic E-state index is 5.78. The minimum atomic E-state index is 0.0570. The van der Waals surface area contributed by atoms with E-state index in [0.29, 0.717) is 0 Å². The minimum Gasteiger partial charge on any atom is -0.496 e. The van der Waals surface area contributed by atoms with Crippen molar-refractivity contribution >= 4 is 0 Å². The quantitative estimate of drug-likeness (QED) is 0.562. The van der Waals surface area contributed by atoms with Crippen molar-refractivity contribution in [3.63, 3.8) is 0 Å². The number of likely N-dealkylation sites (tertiary alicyclic amines) is 1. The molecule has 2 aliphatic heterocycles. The van der Waals surface area contributed by atoms with E-state index in [1.54, 1.807) is 0 Å². The number of hydrogen-bond donors (Lipinski definition) is 2. The molecule has 0 radical (unpaired) electrons. The number of rotatable bonds is 5. The number of nitrogens with two attached hydrogens (primary N) is 1. The summed E-state index contributed by atoms with van der Waals surface area (Å²) >= 11 is 0. The molecular weight excluding hydrogens is 214 g/mol. The van der Waals surface area contributed by atoms with Gasteiger partial charge in [-0.1, -0.05) is 6.92 Å². The Morgan fingerprint density at radius 1 is 1.53 bits per heavy atom. The van der Waals surface area contributed by atoms with Gasteiger partial charge in [-0.05, 0) is 45.4 Å². The molecule has 4 nitrogen and oxygen atoms in total. The Kier molecular flexibility index (Phi) is 4.07. The first-order chi connectivity index (χ1) is 8.22. The summed E-state index contributed by atoms with van der Waals surface area (Å²) in [4.78, 5) is 2.56. The fourth-order valence-electron chi connectivity index (χ4n) is 3.04. The van der Waals surface area contributed by atoms with Crippen molar-refractivity contribution in [2.24, 2.45) is 5.84 Å². The van der Waals surface area contributed by atoms with E-state index in [9.17, 15) is 0 Å². The van der Waals surface area contributed by atoms with Crippen molar-refractivity contribution in [3.8, 4) is 0 Å². The standard InChI is InChI=1S/C13H25N3O/c1-3-13(2,16-8-4-5-9-16)12(15-14)11-7-6-10-17-11/h7,12,15H,3-6,8-10,14H2,1-2H3. The maximum absolute atomic E-state index is 5.78. The van der Waals surface area contributed by atoms with Crippen molar-refractivity contribution in [3.05, 3.63) is 11.8 Å². The number of ether oxygens (including phenoxy) is 1. The molecule has 0 aliphatic carbocycles. The number of nitrogens with zero attached hydrogens (tertiary/aromatic N) is 1. The summed E-state index contributed by atoms with van der Waals surface area (Å²) < 4.78 is 5.71. The number of nitrogens with one attached hydrogen (secondary N) is 1. The van der Waals surface area contributed by atoms with E-state index in [-0.39, 0.29) is 11.6 Å². The van der Waals surface area contributed by atoms with Gasteiger partial charge in [-0.15, -0.1) is 0 Å². The Morgan fingerprint density at radius 3 is 2.71 bits per heavy atom. The molecule has 0 saturated carbocycles.